The Balaban J connectivity index is 0.00000118. The molecule has 0 aliphatic carbocycles. The summed E-state index contributed by atoms with van der Waals surface area (Å²) in [6.45, 7) is 7.30. The molecule has 1 amide bonds. The second-order valence-corrected chi connectivity index (χ2v) is 10.0. The van der Waals surface area contributed by atoms with Gasteiger partial charge in [-0.05, 0) is 48.3 Å². The maximum atomic E-state index is 13.0. The third kappa shape index (κ3) is 6.26. The van der Waals surface area contributed by atoms with Crippen LogP contribution >= 0.6 is 11.3 Å². The van der Waals surface area contributed by atoms with Gasteiger partial charge in [-0.1, -0.05) is 56.3 Å². The zero-order chi connectivity index (χ0) is 28.6. The summed E-state index contributed by atoms with van der Waals surface area (Å²) in [5.74, 6) is 0.391. The molecule has 5 aromatic rings. The molecule has 3 aromatic heterocycles. The standard InChI is InChI=1S/C30H31N5OS.BH3O2/c1-4-35(5-2)16-8-10-22-18-32-29(31)27-24(19-37-28(22)27)20-12-14-23(15-13-20)33-30(36)26-17-21-9-6-7-11-25(21)34(26)3;2-1-3/h6-15,17-19H,4-5,16H2,1-3H3,(H2,31,32)(H,33,36);1-3H/b10-8+;. The second-order valence-electron chi connectivity index (χ2n) is 9.16. The Hall–Kier alpha value is -3.96. The zero-order valence-corrected chi connectivity index (χ0v) is 23.8. The Morgan fingerprint density at radius 3 is 2.52 bits per heavy atom. The first kappa shape index (κ1) is 29.0. The molecule has 0 bridgehead atoms. The number of carbonyl (C=O) groups excluding carboxylic acids is 1. The number of likely N-dealkylation sites (N-methyl/N-ethyl adjacent to an activating group) is 1. The van der Waals surface area contributed by atoms with Crippen LogP contribution in [0.15, 0.2) is 72.3 Å². The average Bonchev–Trinajstić information content (AvgIpc) is 3.56. The van der Waals surface area contributed by atoms with Gasteiger partial charge >= 0.3 is 7.69 Å². The molecule has 5 N–H and O–H groups in total. The molecular weight excluding hydrogens is 521 g/mol. The van der Waals surface area contributed by atoms with Crippen LogP contribution in [0.5, 0.6) is 0 Å². The Bertz CT molecular complexity index is 1620. The van der Waals surface area contributed by atoms with E-state index in [-0.39, 0.29) is 5.91 Å². The number of nitrogens with zero attached hydrogens (tertiary/aromatic N) is 3. The number of amides is 1. The van der Waals surface area contributed by atoms with Gasteiger partial charge < -0.3 is 30.6 Å². The van der Waals surface area contributed by atoms with Gasteiger partial charge in [0, 0.05) is 57.6 Å². The predicted molar refractivity (Wildman–Crippen MR) is 169 cm³/mol. The average molecular weight is 556 g/mol. The van der Waals surface area contributed by atoms with Crippen molar-refractivity contribution in [2.45, 2.75) is 13.8 Å². The molecule has 8 nitrogen and oxygen atoms in total. The molecule has 0 spiro atoms. The molecule has 10 heteroatoms. The number of pyridine rings is 1. The third-order valence-corrected chi connectivity index (χ3v) is 7.87. The lowest BCUT2D eigenvalue weighted by Gasteiger charge is -2.14. The number of nitrogens with one attached hydrogen (secondary N) is 1. The molecule has 2 aromatic carbocycles. The lowest BCUT2D eigenvalue weighted by atomic mass is 10.0. The van der Waals surface area contributed by atoms with Crippen LogP contribution in [0.3, 0.4) is 0 Å². The topological polar surface area (TPSA) is 117 Å². The highest BCUT2D eigenvalue weighted by Gasteiger charge is 2.15. The van der Waals surface area contributed by atoms with E-state index in [1.807, 2.05) is 72.4 Å². The van der Waals surface area contributed by atoms with Gasteiger partial charge in [-0.2, -0.15) is 0 Å². The first-order valence-corrected chi connectivity index (χ1v) is 14.0. The first-order chi connectivity index (χ1) is 19.4. The number of hydrogen-bond donors (Lipinski definition) is 4. The van der Waals surface area contributed by atoms with Crippen LogP contribution in [0.2, 0.25) is 0 Å². The van der Waals surface area contributed by atoms with Crippen LogP contribution in [0.1, 0.15) is 29.9 Å². The van der Waals surface area contributed by atoms with E-state index < -0.39 is 7.69 Å². The lowest BCUT2D eigenvalue weighted by molar-refractivity contribution is 0.101. The van der Waals surface area contributed by atoms with E-state index in [9.17, 15) is 4.79 Å². The van der Waals surface area contributed by atoms with Gasteiger partial charge in [-0.15, -0.1) is 11.3 Å². The van der Waals surface area contributed by atoms with E-state index in [1.165, 1.54) is 0 Å². The van der Waals surface area contributed by atoms with Crippen LogP contribution in [0.25, 0.3) is 38.2 Å². The maximum absolute atomic E-state index is 13.0. The smallest absolute Gasteiger partial charge is 0.430 e. The van der Waals surface area contributed by atoms with E-state index in [4.69, 9.17) is 15.8 Å². The van der Waals surface area contributed by atoms with Gasteiger partial charge in [0.1, 0.15) is 11.5 Å². The monoisotopic (exact) mass is 555 g/mol. The van der Waals surface area contributed by atoms with Gasteiger partial charge in [-0.3, -0.25) is 4.79 Å². The van der Waals surface area contributed by atoms with Crippen molar-refractivity contribution in [3.05, 3.63) is 83.5 Å². The number of aromatic nitrogens is 2. The Labute approximate surface area is 238 Å². The number of thiophene rings is 1. The highest BCUT2D eigenvalue weighted by atomic mass is 32.1. The minimum absolute atomic E-state index is 0.137. The summed E-state index contributed by atoms with van der Waals surface area (Å²) in [4.78, 5) is 19.8. The Morgan fingerprint density at radius 1 is 1.15 bits per heavy atom. The fraction of sp³-hybridized carbons (Fsp3) is 0.200. The van der Waals surface area contributed by atoms with Gasteiger partial charge in [0.15, 0.2) is 0 Å². The number of fused-ring (bicyclic) bond motifs is 2. The highest BCUT2D eigenvalue weighted by Crippen LogP contribution is 2.39. The number of rotatable bonds is 8. The molecule has 0 aliphatic heterocycles. The van der Waals surface area contributed by atoms with Crippen LogP contribution in [0.4, 0.5) is 11.5 Å². The predicted octanol–water partition coefficient (Wildman–Crippen LogP) is 4.88. The number of benzene rings is 2. The van der Waals surface area contributed by atoms with E-state index in [2.05, 4.69) is 46.6 Å². The van der Waals surface area contributed by atoms with Crippen LogP contribution in [-0.2, 0) is 7.05 Å². The molecule has 3 heterocycles. The zero-order valence-electron chi connectivity index (χ0n) is 23.0. The second kappa shape index (κ2) is 13.4. The van der Waals surface area contributed by atoms with Crippen LogP contribution < -0.4 is 11.1 Å². The number of para-hydroxylation sites is 1. The summed E-state index contributed by atoms with van der Waals surface area (Å²) in [5, 5.41) is 21.4. The molecule has 0 atom stereocenters. The summed E-state index contributed by atoms with van der Waals surface area (Å²) in [7, 11) is 1.16. The number of anilines is 2. The fourth-order valence-electron chi connectivity index (χ4n) is 4.66. The van der Waals surface area contributed by atoms with Crippen molar-refractivity contribution in [2.24, 2.45) is 7.05 Å². The van der Waals surface area contributed by atoms with Gasteiger partial charge in [0.05, 0.1) is 0 Å². The minimum atomic E-state index is -0.750. The van der Waals surface area contributed by atoms with Gasteiger partial charge in [0.25, 0.3) is 5.91 Å². The molecule has 0 fully saturated rings. The molecule has 0 radical (unpaired) electrons. The third-order valence-electron chi connectivity index (χ3n) is 6.85. The minimum Gasteiger partial charge on any atom is -0.430 e. The first-order valence-electron chi connectivity index (χ1n) is 13.1. The molecule has 0 unspecified atom stereocenters. The normalized spacial score (nSPS) is 11.2. The van der Waals surface area contributed by atoms with E-state index >= 15 is 0 Å². The van der Waals surface area contributed by atoms with Gasteiger partial charge in [-0.25, -0.2) is 4.98 Å². The van der Waals surface area contributed by atoms with Crippen molar-refractivity contribution in [1.82, 2.24) is 14.5 Å². The number of carbonyl (C=O) groups is 1. The molecule has 5 rings (SSSR count). The molecule has 40 heavy (non-hydrogen) atoms. The molecule has 206 valence electrons. The van der Waals surface area contributed by atoms with Crippen LogP contribution in [0, 0.1) is 0 Å². The van der Waals surface area contributed by atoms with Crippen molar-refractivity contribution in [3.8, 4) is 11.1 Å². The maximum Gasteiger partial charge on any atom is 0.432 e. The van der Waals surface area contributed by atoms with E-state index in [0.717, 1.165) is 63.0 Å². The quantitative estimate of drug-likeness (QED) is 0.203. The molecule has 0 saturated heterocycles. The Kier molecular flexibility index (Phi) is 9.73. The van der Waals surface area contributed by atoms with Crippen molar-refractivity contribution in [1.29, 1.82) is 0 Å². The summed E-state index contributed by atoms with van der Waals surface area (Å²) in [6.07, 6.45) is 6.17. The van der Waals surface area contributed by atoms with Crippen molar-refractivity contribution in [2.75, 3.05) is 30.7 Å². The SMILES string of the molecule is CCN(CC)C/C=C/c1cnc(N)c2c(-c3ccc(NC(=O)c4cc5ccccc5n4C)cc3)csc12.OBO. The van der Waals surface area contributed by atoms with Crippen molar-refractivity contribution in [3.63, 3.8) is 0 Å². The number of nitrogens with two attached hydrogens (primary N) is 1. The summed E-state index contributed by atoms with van der Waals surface area (Å²) < 4.78 is 3.05. The van der Waals surface area contributed by atoms with E-state index in [1.54, 1.807) is 11.3 Å². The van der Waals surface area contributed by atoms with E-state index in [0.29, 0.717) is 11.5 Å². The van der Waals surface area contributed by atoms with Gasteiger partial charge in [0.2, 0.25) is 0 Å². The summed E-state index contributed by atoms with van der Waals surface area (Å²) in [6, 6.07) is 17.8. The molecule has 0 saturated carbocycles. The lowest BCUT2D eigenvalue weighted by Crippen LogP contribution is -2.22. The van der Waals surface area contributed by atoms with Crippen molar-refractivity contribution < 1.29 is 14.8 Å². The number of aryl methyl sites for hydroxylation is 1. The summed E-state index contributed by atoms with van der Waals surface area (Å²) >= 11 is 1.68. The Morgan fingerprint density at radius 2 is 1.85 bits per heavy atom. The summed E-state index contributed by atoms with van der Waals surface area (Å²) in [5.41, 5.74) is 11.9. The largest absolute Gasteiger partial charge is 0.432 e. The highest BCUT2D eigenvalue weighted by molar-refractivity contribution is 7.18. The number of hydrogen-bond acceptors (Lipinski definition) is 7. The fourth-order valence-corrected chi connectivity index (χ4v) is 5.74. The molecular formula is C30H34BN5O3S. The number of nitrogen functional groups attached to an aromatic ring is 1. The molecule has 0 aliphatic rings. The van der Waals surface area contributed by atoms with Crippen LogP contribution in [-0.4, -0.2) is 57.7 Å². The van der Waals surface area contributed by atoms with Crippen molar-refractivity contribution >= 4 is 63.5 Å².